The number of alkyl halides is 3. The number of aliphatic hydroxyl groups excluding tert-OH is 1. The third-order valence-corrected chi connectivity index (χ3v) is 4.98. The molecule has 0 saturated carbocycles. The fourth-order valence-corrected chi connectivity index (χ4v) is 3.35. The van der Waals surface area contributed by atoms with E-state index in [0.29, 0.717) is 11.1 Å². The van der Waals surface area contributed by atoms with Gasteiger partial charge in [0.25, 0.3) is 5.56 Å². The average molecular weight is 412 g/mol. The van der Waals surface area contributed by atoms with Crippen LogP contribution in [-0.4, -0.2) is 9.67 Å². The van der Waals surface area contributed by atoms with Gasteiger partial charge in [-0.05, 0) is 42.2 Å². The third-order valence-electron chi connectivity index (χ3n) is 4.98. The van der Waals surface area contributed by atoms with Gasteiger partial charge in [0.05, 0.1) is 24.4 Å². The van der Waals surface area contributed by atoms with Crippen molar-refractivity contribution in [3.63, 3.8) is 0 Å². The number of aryl methyl sites for hydroxylation is 2. The lowest BCUT2D eigenvalue weighted by Gasteiger charge is -2.19. The Kier molecular flexibility index (Phi) is 5.81. The number of halogens is 3. The highest BCUT2D eigenvalue weighted by molar-refractivity contribution is 5.63. The van der Waals surface area contributed by atoms with Gasteiger partial charge in [-0.1, -0.05) is 48.0 Å². The Hall–Kier alpha value is -3.37. The van der Waals surface area contributed by atoms with Crippen LogP contribution in [0.1, 0.15) is 33.4 Å². The molecule has 3 aromatic rings. The summed E-state index contributed by atoms with van der Waals surface area (Å²) in [6.45, 7) is 3.59. The Bertz CT molecular complexity index is 1190. The van der Waals surface area contributed by atoms with Gasteiger partial charge in [-0.3, -0.25) is 4.79 Å². The van der Waals surface area contributed by atoms with Crippen LogP contribution in [-0.2, 0) is 19.3 Å². The van der Waals surface area contributed by atoms with Crippen LogP contribution in [0.5, 0.6) is 0 Å². The molecule has 0 spiro atoms. The molecule has 30 heavy (non-hydrogen) atoms. The fraction of sp³-hybridized carbons (Fsp3) is 0.217. The van der Waals surface area contributed by atoms with Crippen molar-refractivity contribution >= 4 is 0 Å². The molecule has 0 aliphatic carbocycles. The summed E-state index contributed by atoms with van der Waals surface area (Å²) in [7, 11) is 0. The molecule has 0 fully saturated rings. The molecular formula is C23H19F3N2O2. The van der Waals surface area contributed by atoms with E-state index in [0.717, 1.165) is 22.8 Å². The lowest BCUT2D eigenvalue weighted by molar-refractivity contribution is -0.137. The number of rotatable bonds is 4. The summed E-state index contributed by atoms with van der Waals surface area (Å²) in [5, 5.41) is 18.5. The van der Waals surface area contributed by atoms with Crippen LogP contribution >= 0.6 is 0 Å². The van der Waals surface area contributed by atoms with E-state index in [1.165, 1.54) is 10.6 Å². The highest BCUT2D eigenvalue weighted by Gasteiger charge is 2.36. The van der Waals surface area contributed by atoms with Crippen molar-refractivity contribution < 1.29 is 18.3 Å². The van der Waals surface area contributed by atoms with E-state index in [1.54, 1.807) is 24.3 Å². The van der Waals surface area contributed by atoms with Gasteiger partial charge in [0.2, 0.25) is 0 Å². The van der Waals surface area contributed by atoms with E-state index >= 15 is 0 Å². The van der Waals surface area contributed by atoms with Gasteiger partial charge in [0, 0.05) is 0 Å². The topological polar surface area (TPSA) is 66.0 Å². The first-order valence-electron chi connectivity index (χ1n) is 9.17. The first-order chi connectivity index (χ1) is 14.2. The fourth-order valence-electron chi connectivity index (χ4n) is 3.35. The second-order valence-electron chi connectivity index (χ2n) is 7.10. The second-order valence-corrected chi connectivity index (χ2v) is 7.10. The first kappa shape index (κ1) is 21.3. The van der Waals surface area contributed by atoms with Crippen molar-refractivity contribution in [3.8, 4) is 17.3 Å². The molecule has 0 saturated heterocycles. The Balaban J connectivity index is 2.30. The number of nitriles is 1. The highest BCUT2D eigenvalue weighted by Crippen LogP contribution is 2.34. The van der Waals surface area contributed by atoms with Gasteiger partial charge in [-0.25, -0.2) is 0 Å². The highest BCUT2D eigenvalue weighted by atomic mass is 19.4. The van der Waals surface area contributed by atoms with Crippen LogP contribution in [0.15, 0.2) is 53.3 Å². The zero-order valence-electron chi connectivity index (χ0n) is 16.4. The van der Waals surface area contributed by atoms with E-state index in [2.05, 4.69) is 0 Å². The van der Waals surface area contributed by atoms with E-state index in [4.69, 9.17) is 0 Å². The Morgan fingerprint density at radius 2 is 1.73 bits per heavy atom. The number of hydrogen-bond acceptors (Lipinski definition) is 3. The van der Waals surface area contributed by atoms with Crippen molar-refractivity contribution in [2.75, 3.05) is 0 Å². The van der Waals surface area contributed by atoms with E-state index in [-0.39, 0.29) is 18.8 Å². The molecule has 7 heteroatoms. The average Bonchev–Trinajstić information content (AvgIpc) is 2.70. The maximum atomic E-state index is 13.6. The number of aromatic nitrogens is 1. The summed E-state index contributed by atoms with van der Waals surface area (Å²) < 4.78 is 41.9. The summed E-state index contributed by atoms with van der Waals surface area (Å²) in [5.41, 5.74) is 0.520. The number of pyridine rings is 1. The van der Waals surface area contributed by atoms with E-state index in [1.807, 2.05) is 32.0 Å². The maximum Gasteiger partial charge on any atom is 0.417 e. The molecule has 0 aliphatic rings. The molecule has 1 aromatic heterocycles. The second kappa shape index (κ2) is 8.17. The minimum atomic E-state index is -4.84. The number of nitrogens with zero attached hydrogens (tertiary/aromatic N) is 2. The molecule has 4 nitrogen and oxygen atoms in total. The van der Waals surface area contributed by atoms with Crippen molar-refractivity contribution in [1.82, 2.24) is 4.57 Å². The van der Waals surface area contributed by atoms with Gasteiger partial charge >= 0.3 is 6.18 Å². The summed E-state index contributed by atoms with van der Waals surface area (Å²) in [6, 6.07) is 14.1. The molecule has 0 bridgehead atoms. The smallest absolute Gasteiger partial charge is 0.392 e. The third kappa shape index (κ3) is 4.14. The van der Waals surface area contributed by atoms with Crippen molar-refractivity contribution in [2.45, 2.75) is 33.2 Å². The zero-order valence-corrected chi connectivity index (χ0v) is 16.4. The van der Waals surface area contributed by atoms with E-state index in [9.17, 15) is 28.3 Å². The van der Waals surface area contributed by atoms with Crippen LogP contribution in [0.4, 0.5) is 13.2 Å². The molecule has 0 atom stereocenters. The van der Waals surface area contributed by atoms with Gasteiger partial charge in [-0.2, -0.15) is 18.4 Å². The van der Waals surface area contributed by atoms with Gasteiger partial charge in [0.15, 0.2) is 0 Å². The molecule has 0 radical (unpaired) electrons. The molecule has 0 aliphatic heterocycles. The zero-order chi connectivity index (χ0) is 22.1. The molecule has 2 aromatic carbocycles. The van der Waals surface area contributed by atoms with Crippen molar-refractivity contribution in [3.05, 3.63) is 92.3 Å². The molecule has 154 valence electrons. The minimum absolute atomic E-state index is 0.0227. The SMILES string of the molecule is Cc1ccc(Cn2c(-c3ccc(CO)cc3)cc(C(F)(F)F)c(C#N)c2=O)c(C)c1. The van der Waals surface area contributed by atoms with Crippen molar-refractivity contribution in [1.29, 1.82) is 5.26 Å². The molecule has 1 N–H and O–H groups in total. The lowest BCUT2D eigenvalue weighted by atomic mass is 10.0. The van der Waals surface area contributed by atoms with Gasteiger partial charge < -0.3 is 9.67 Å². The summed E-state index contributed by atoms with van der Waals surface area (Å²) in [5.74, 6) is 0. The Morgan fingerprint density at radius 1 is 1.07 bits per heavy atom. The molecular weight excluding hydrogens is 393 g/mol. The predicted molar refractivity (Wildman–Crippen MR) is 107 cm³/mol. The van der Waals surface area contributed by atoms with Crippen molar-refractivity contribution in [2.24, 2.45) is 0 Å². The normalized spacial score (nSPS) is 11.4. The standard InChI is InChI=1S/C23H19F3N2O2/c1-14-3-6-18(15(2)9-14)12-28-21(17-7-4-16(13-29)5-8-17)10-20(23(24,25)26)19(11-27)22(28)30/h3-10,29H,12-13H2,1-2H3. The summed E-state index contributed by atoms with van der Waals surface area (Å²) in [6.07, 6.45) is -4.84. The number of hydrogen-bond donors (Lipinski definition) is 1. The Morgan fingerprint density at radius 3 is 2.27 bits per heavy atom. The first-order valence-corrected chi connectivity index (χ1v) is 9.17. The van der Waals surface area contributed by atoms with Gasteiger partial charge in [0.1, 0.15) is 11.6 Å². The quantitative estimate of drug-likeness (QED) is 0.683. The van der Waals surface area contributed by atoms with Crippen LogP contribution in [0.2, 0.25) is 0 Å². The molecule has 1 heterocycles. The number of benzene rings is 2. The minimum Gasteiger partial charge on any atom is -0.392 e. The molecule has 3 rings (SSSR count). The largest absolute Gasteiger partial charge is 0.417 e. The van der Waals surface area contributed by atoms with E-state index < -0.39 is 22.9 Å². The van der Waals surface area contributed by atoms with Crippen LogP contribution in [0.3, 0.4) is 0 Å². The monoisotopic (exact) mass is 412 g/mol. The number of aliphatic hydroxyl groups is 1. The molecule has 0 amide bonds. The summed E-state index contributed by atoms with van der Waals surface area (Å²) >= 11 is 0. The summed E-state index contributed by atoms with van der Waals surface area (Å²) in [4.78, 5) is 13.0. The van der Waals surface area contributed by atoms with Gasteiger partial charge in [-0.15, -0.1) is 0 Å². The van der Waals surface area contributed by atoms with Crippen LogP contribution in [0.25, 0.3) is 11.3 Å². The molecule has 0 unspecified atom stereocenters. The van der Waals surface area contributed by atoms with Crippen LogP contribution in [0, 0.1) is 25.2 Å². The lowest BCUT2D eigenvalue weighted by Crippen LogP contribution is -2.29. The van der Waals surface area contributed by atoms with Crippen LogP contribution < -0.4 is 5.56 Å². The predicted octanol–water partition coefficient (Wildman–Crippen LogP) is 4.56. The maximum absolute atomic E-state index is 13.6. The Labute approximate surface area is 171 Å².